The molecular weight excluding hydrogens is 580 g/mol. The number of alkyl halides is 12. The Labute approximate surface area is 212 Å². The van der Waals surface area contributed by atoms with Gasteiger partial charge < -0.3 is 10.2 Å². The number of fused-ring (bicyclic) bond motifs is 3. The van der Waals surface area contributed by atoms with Crippen LogP contribution in [0.15, 0.2) is 66.7 Å². The van der Waals surface area contributed by atoms with Crippen molar-refractivity contribution < 1.29 is 62.9 Å². The van der Waals surface area contributed by atoms with E-state index in [0.717, 1.165) is 0 Å². The molecule has 1 heterocycles. The van der Waals surface area contributed by atoms with Gasteiger partial charge in [0.25, 0.3) is 11.2 Å². The minimum absolute atomic E-state index is 0.0552. The van der Waals surface area contributed by atoms with Gasteiger partial charge in [-0.2, -0.15) is 52.7 Å². The Kier molecular flexibility index (Phi) is 6.48. The highest BCUT2D eigenvalue weighted by Crippen LogP contribution is 2.57. The molecule has 2 nitrogen and oxygen atoms in total. The van der Waals surface area contributed by atoms with Gasteiger partial charge in [-0.1, -0.05) is 24.3 Å². The van der Waals surface area contributed by atoms with E-state index < -0.39 is 68.5 Å². The average Bonchev–Trinajstić information content (AvgIpc) is 3.14. The molecule has 0 aliphatic rings. The summed E-state index contributed by atoms with van der Waals surface area (Å²) in [5, 5.41) is 20.6. The molecule has 4 rings (SSSR count). The molecule has 39 heavy (non-hydrogen) atoms. The Balaban J connectivity index is 2.24. The van der Waals surface area contributed by atoms with Crippen molar-refractivity contribution in [2.45, 2.75) is 35.9 Å². The lowest BCUT2D eigenvalue weighted by molar-refractivity contribution is -0.378. The van der Waals surface area contributed by atoms with Gasteiger partial charge >= 0.3 is 24.7 Å². The van der Waals surface area contributed by atoms with Gasteiger partial charge in [0.05, 0.1) is 0 Å². The molecule has 0 saturated heterocycles. The Morgan fingerprint density at radius 3 is 1.08 bits per heavy atom. The van der Waals surface area contributed by atoms with Gasteiger partial charge in [0.1, 0.15) is 0 Å². The van der Waals surface area contributed by atoms with E-state index in [4.69, 9.17) is 0 Å². The van der Waals surface area contributed by atoms with E-state index in [0.29, 0.717) is 10.8 Å². The highest BCUT2D eigenvalue weighted by atomic mass is 32.2. The fraction of sp³-hybridized carbons (Fsp3) is 0.250. The van der Waals surface area contributed by atoms with Crippen LogP contribution < -0.4 is 0 Å². The van der Waals surface area contributed by atoms with Crippen molar-refractivity contribution in [1.29, 1.82) is 0 Å². The molecule has 210 valence electrons. The van der Waals surface area contributed by atoms with E-state index in [2.05, 4.69) is 0 Å². The molecule has 15 heteroatoms. The van der Waals surface area contributed by atoms with Gasteiger partial charge in [-0.05, 0) is 30.3 Å². The van der Waals surface area contributed by atoms with Crippen LogP contribution >= 0.6 is 10.5 Å². The summed E-state index contributed by atoms with van der Waals surface area (Å²) in [5.41, 5.74) is -16.5. The maximum absolute atomic E-state index is 13.7. The summed E-state index contributed by atoms with van der Waals surface area (Å²) in [6, 6.07) is 10.9. The maximum atomic E-state index is 13.7. The second-order valence-corrected chi connectivity index (χ2v) is 10.4. The van der Waals surface area contributed by atoms with Crippen LogP contribution in [0.25, 0.3) is 25.1 Å². The second-order valence-electron chi connectivity index (χ2n) is 8.46. The molecular formula is C24H13F12O2S+. The third kappa shape index (κ3) is 4.21. The molecule has 0 bridgehead atoms. The van der Waals surface area contributed by atoms with E-state index in [1.54, 1.807) is 0 Å². The van der Waals surface area contributed by atoms with Crippen molar-refractivity contribution in [2.75, 3.05) is 0 Å². The quantitative estimate of drug-likeness (QED) is 0.185. The van der Waals surface area contributed by atoms with Crippen molar-refractivity contribution >= 4 is 30.6 Å². The van der Waals surface area contributed by atoms with E-state index in [-0.39, 0.29) is 21.5 Å². The molecule has 4 aromatic rings. The van der Waals surface area contributed by atoms with Gasteiger partial charge in [0.15, 0.2) is 14.3 Å². The second kappa shape index (κ2) is 8.73. The summed E-state index contributed by atoms with van der Waals surface area (Å²) in [4.78, 5) is -0.862. The average molecular weight is 593 g/mol. The topological polar surface area (TPSA) is 40.5 Å². The first kappa shape index (κ1) is 29.0. The van der Waals surface area contributed by atoms with Gasteiger partial charge in [-0.3, -0.25) is 0 Å². The number of hydrogen-bond acceptors (Lipinski definition) is 2. The van der Waals surface area contributed by atoms with Gasteiger partial charge in [-0.15, -0.1) is 0 Å². The molecule has 0 aliphatic heterocycles. The maximum Gasteiger partial charge on any atom is 0.430 e. The summed E-state index contributed by atoms with van der Waals surface area (Å²) >= 11 is 0. The van der Waals surface area contributed by atoms with Crippen LogP contribution in [0, 0.1) is 0 Å². The molecule has 0 radical (unpaired) electrons. The van der Waals surface area contributed by atoms with Crippen molar-refractivity contribution in [3.8, 4) is 4.90 Å². The minimum atomic E-state index is -6.63. The lowest BCUT2D eigenvalue weighted by Crippen LogP contribution is -2.55. The number of aliphatic hydroxyl groups is 2. The summed E-state index contributed by atoms with van der Waals surface area (Å²) < 4.78 is 165. The highest BCUT2D eigenvalue weighted by Gasteiger charge is 2.74. The zero-order valence-corrected chi connectivity index (χ0v) is 19.5. The van der Waals surface area contributed by atoms with Crippen molar-refractivity contribution in [3.05, 3.63) is 77.9 Å². The lowest BCUT2D eigenvalue weighted by atomic mass is 9.85. The zero-order valence-electron chi connectivity index (χ0n) is 18.7. The molecule has 0 amide bonds. The first-order valence-corrected chi connectivity index (χ1v) is 11.7. The van der Waals surface area contributed by atoms with Crippen LogP contribution in [0.2, 0.25) is 0 Å². The fourth-order valence-corrected chi connectivity index (χ4v) is 6.68. The molecule has 3 aromatic carbocycles. The van der Waals surface area contributed by atoms with E-state index >= 15 is 0 Å². The lowest BCUT2D eigenvalue weighted by Gasteiger charge is -2.35. The van der Waals surface area contributed by atoms with E-state index in [9.17, 15) is 62.9 Å². The Bertz CT molecular complexity index is 1410. The van der Waals surface area contributed by atoms with Crippen molar-refractivity contribution in [1.82, 2.24) is 0 Å². The smallest absolute Gasteiger partial charge is 0.369 e. The van der Waals surface area contributed by atoms with Crippen LogP contribution in [0.3, 0.4) is 0 Å². The number of rotatable bonds is 3. The van der Waals surface area contributed by atoms with Crippen molar-refractivity contribution in [2.24, 2.45) is 0 Å². The zero-order chi connectivity index (χ0) is 29.4. The normalized spacial score (nSPS) is 14.4. The predicted octanol–water partition coefficient (Wildman–Crippen LogP) is 8.36. The standard InChI is InChI=1S/C24H13F12O2S/c25-21(26,27)19(37,22(28,29)30)12-9-13(20(38,23(31,32)33)24(34,35)36)11-14(10-12)39-17-7-3-1-5-15(17)16-6-2-4-8-18(16)39/h1-11,37-38H/q+1. The fourth-order valence-electron chi connectivity index (χ4n) is 4.22. The number of thiophene rings is 1. The Morgan fingerprint density at radius 2 is 0.769 bits per heavy atom. The van der Waals surface area contributed by atoms with Crippen LogP contribution in [-0.2, 0) is 11.2 Å². The molecule has 0 fully saturated rings. The Hall–Kier alpha value is -3.04. The van der Waals surface area contributed by atoms with Crippen LogP contribution in [0.5, 0.6) is 0 Å². The SMILES string of the molecule is OC(c1cc(-[s+]2c3ccccc3c3ccccc32)cc(C(O)(C(F)(F)F)C(F)(F)F)c1)(C(F)(F)F)C(F)(F)F. The summed E-state index contributed by atoms with van der Waals surface area (Å²) in [5.74, 6) is 0. The highest BCUT2D eigenvalue weighted by molar-refractivity contribution is 7.50. The van der Waals surface area contributed by atoms with Crippen molar-refractivity contribution in [3.63, 3.8) is 0 Å². The molecule has 0 aliphatic carbocycles. The van der Waals surface area contributed by atoms with E-state index in [1.165, 1.54) is 48.5 Å². The largest absolute Gasteiger partial charge is 0.430 e. The van der Waals surface area contributed by atoms with Crippen LogP contribution in [0.1, 0.15) is 11.1 Å². The predicted molar refractivity (Wildman–Crippen MR) is 117 cm³/mol. The summed E-state index contributed by atoms with van der Waals surface area (Å²) in [7, 11) is -1.83. The first-order chi connectivity index (χ1) is 17.7. The first-order valence-electron chi connectivity index (χ1n) is 10.5. The molecule has 2 N–H and O–H groups in total. The number of benzene rings is 3. The number of hydrogen-bond donors (Lipinski definition) is 2. The van der Waals surface area contributed by atoms with Crippen LogP contribution in [0.4, 0.5) is 52.7 Å². The van der Waals surface area contributed by atoms with Gasteiger partial charge in [0, 0.05) is 44.5 Å². The minimum Gasteiger partial charge on any atom is -0.369 e. The molecule has 0 spiro atoms. The molecule has 0 unspecified atom stereocenters. The Morgan fingerprint density at radius 1 is 0.462 bits per heavy atom. The van der Waals surface area contributed by atoms with Crippen LogP contribution in [-0.4, -0.2) is 34.9 Å². The third-order valence-corrected chi connectivity index (χ3v) is 8.42. The molecule has 1 aromatic heterocycles. The third-order valence-electron chi connectivity index (χ3n) is 6.12. The summed E-state index contributed by atoms with van der Waals surface area (Å²) in [6.45, 7) is 0. The van der Waals surface area contributed by atoms with Gasteiger partial charge in [-0.25, -0.2) is 0 Å². The molecule has 0 saturated carbocycles. The number of halogens is 12. The van der Waals surface area contributed by atoms with E-state index in [1.807, 2.05) is 0 Å². The summed E-state index contributed by atoms with van der Waals surface area (Å²) in [6.07, 6.45) is -26.5. The monoisotopic (exact) mass is 593 g/mol. The van der Waals surface area contributed by atoms with Gasteiger partial charge in [0.2, 0.25) is 0 Å². The molecule has 0 atom stereocenters.